The van der Waals surface area contributed by atoms with Gasteiger partial charge in [0.25, 0.3) is 0 Å². The molecule has 2 heterocycles. The zero-order valence-corrected chi connectivity index (χ0v) is 14.6. The number of nitrogens with one attached hydrogen (secondary N) is 1. The molecule has 2 aromatic heterocycles. The van der Waals surface area contributed by atoms with Gasteiger partial charge >= 0.3 is 0 Å². The molecular weight excluding hydrogens is 370 g/mol. The molecule has 2 aromatic carbocycles. The Morgan fingerprint density at radius 2 is 1.93 bits per heavy atom. The summed E-state index contributed by atoms with van der Waals surface area (Å²) in [5.41, 5.74) is 0.878. The van der Waals surface area contributed by atoms with Crippen LogP contribution in [0.25, 0.3) is 22.7 Å². The van der Waals surface area contributed by atoms with Crippen LogP contribution in [-0.2, 0) is 0 Å². The number of furan rings is 1. The molecule has 4 aromatic rings. The normalized spacial score (nSPS) is 11.3. The lowest BCUT2D eigenvalue weighted by molar-refractivity contribution is 0.563. The monoisotopic (exact) mass is 382 g/mol. The van der Waals surface area contributed by atoms with Crippen LogP contribution in [0.5, 0.6) is 0 Å². The zero-order valence-electron chi connectivity index (χ0n) is 13.8. The van der Waals surface area contributed by atoms with E-state index in [1.54, 1.807) is 42.5 Å². The fourth-order valence-corrected chi connectivity index (χ4v) is 2.74. The first-order valence-corrected chi connectivity index (χ1v) is 8.35. The molecule has 0 fully saturated rings. The van der Waals surface area contributed by atoms with E-state index >= 15 is 0 Å². The van der Waals surface area contributed by atoms with Crippen molar-refractivity contribution in [1.82, 2.24) is 14.9 Å². The highest BCUT2D eigenvalue weighted by Gasteiger charge is 2.10. The smallest absolute Gasteiger partial charge is 0.216 e. The third-order valence-electron chi connectivity index (χ3n) is 3.80. The van der Waals surface area contributed by atoms with Crippen molar-refractivity contribution in [1.29, 1.82) is 0 Å². The number of H-pyrrole nitrogens is 1. The summed E-state index contributed by atoms with van der Waals surface area (Å²) in [4.78, 5) is 0. The molecule has 0 atom stereocenters. The minimum Gasteiger partial charge on any atom is -0.455 e. The maximum atomic E-state index is 13.9. The maximum Gasteiger partial charge on any atom is 0.216 e. The first-order valence-electron chi connectivity index (χ1n) is 7.94. The van der Waals surface area contributed by atoms with Gasteiger partial charge in [-0.25, -0.2) is 13.9 Å². The minimum atomic E-state index is -0.391. The van der Waals surface area contributed by atoms with Crippen molar-refractivity contribution in [3.05, 3.63) is 82.8 Å². The van der Waals surface area contributed by atoms with Gasteiger partial charge < -0.3 is 4.42 Å². The molecule has 0 spiro atoms. The Morgan fingerprint density at radius 3 is 2.74 bits per heavy atom. The molecule has 0 aliphatic carbocycles. The standard InChI is InChI=1S/C19H12F2N4OS/c20-13-5-3-4-12(10-13)18-23-24-19(27)25(18)22-11-14-8-9-17(26-14)15-6-1-2-7-16(15)21/h1-11H,(H,24,27)/b22-11-. The SMILES string of the molecule is Fc1cccc(-c2n[nH]c(=S)n2/N=C\c2ccc(-c3ccccc3F)o2)c1. The lowest BCUT2D eigenvalue weighted by atomic mass is 10.1. The summed E-state index contributed by atoms with van der Waals surface area (Å²) in [7, 11) is 0. The lowest BCUT2D eigenvalue weighted by Gasteiger charge is -2.00. The largest absolute Gasteiger partial charge is 0.455 e. The summed E-state index contributed by atoms with van der Waals surface area (Å²) >= 11 is 5.18. The first kappa shape index (κ1) is 17.0. The molecule has 0 unspecified atom stereocenters. The van der Waals surface area contributed by atoms with Crippen molar-refractivity contribution >= 4 is 18.4 Å². The van der Waals surface area contributed by atoms with Gasteiger partial charge in [0.15, 0.2) is 5.82 Å². The predicted molar refractivity (Wildman–Crippen MR) is 99.9 cm³/mol. The molecule has 0 saturated carbocycles. The van der Waals surface area contributed by atoms with Crippen molar-refractivity contribution < 1.29 is 13.2 Å². The Hall–Kier alpha value is -3.39. The van der Waals surface area contributed by atoms with Crippen LogP contribution in [-0.4, -0.2) is 21.1 Å². The molecule has 0 aliphatic rings. The van der Waals surface area contributed by atoms with Gasteiger partial charge in [0, 0.05) is 5.56 Å². The maximum absolute atomic E-state index is 13.9. The van der Waals surface area contributed by atoms with Crippen molar-refractivity contribution in [2.75, 3.05) is 0 Å². The molecule has 8 heteroatoms. The van der Waals surface area contributed by atoms with Gasteiger partial charge in [-0.1, -0.05) is 24.3 Å². The highest BCUT2D eigenvalue weighted by atomic mass is 32.1. The highest BCUT2D eigenvalue weighted by molar-refractivity contribution is 7.71. The molecule has 0 saturated heterocycles. The van der Waals surface area contributed by atoms with E-state index in [0.717, 1.165) is 0 Å². The van der Waals surface area contributed by atoms with Crippen molar-refractivity contribution in [3.8, 4) is 22.7 Å². The lowest BCUT2D eigenvalue weighted by Crippen LogP contribution is -1.95. The number of aromatic amines is 1. The van der Waals surface area contributed by atoms with Crippen LogP contribution < -0.4 is 0 Å². The summed E-state index contributed by atoms with van der Waals surface area (Å²) in [5, 5.41) is 11.0. The van der Waals surface area contributed by atoms with Gasteiger partial charge in [-0.2, -0.15) is 14.9 Å². The van der Waals surface area contributed by atoms with E-state index in [-0.39, 0.29) is 10.6 Å². The summed E-state index contributed by atoms with van der Waals surface area (Å²) in [5.74, 6) is 0.382. The Labute approximate surface area is 157 Å². The number of rotatable bonds is 4. The molecule has 0 aliphatic heterocycles. The second-order valence-corrected chi connectivity index (χ2v) is 5.99. The van der Waals surface area contributed by atoms with Crippen molar-refractivity contribution in [3.63, 3.8) is 0 Å². The van der Waals surface area contributed by atoms with E-state index in [0.29, 0.717) is 28.5 Å². The molecule has 27 heavy (non-hydrogen) atoms. The Kier molecular flexibility index (Phi) is 4.47. The number of halogens is 2. The van der Waals surface area contributed by atoms with Gasteiger partial charge in [-0.3, -0.25) is 0 Å². The Bertz CT molecular complexity index is 1190. The predicted octanol–water partition coefficient (Wildman–Crippen LogP) is 5.03. The molecule has 134 valence electrons. The molecular formula is C19H12F2N4OS. The second-order valence-electron chi connectivity index (χ2n) is 5.60. The van der Waals surface area contributed by atoms with Crippen LogP contribution in [0.3, 0.4) is 0 Å². The van der Waals surface area contributed by atoms with Crippen LogP contribution in [0, 0.1) is 16.4 Å². The van der Waals surface area contributed by atoms with Gasteiger partial charge in [-0.15, -0.1) is 0 Å². The molecule has 1 N–H and O–H groups in total. The van der Waals surface area contributed by atoms with Gasteiger partial charge in [0.2, 0.25) is 4.77 Å². The number of hydrogen-bond acceptors (Lipinski definition) is 4. The summed E-state index contributed by atoms with van der Waals surface area (Å²) in [6.45, 7) is 0. The third-order valence-corrected chi connectivity index (χ3v) is 4.06. The van der Waals surface area contributed by atoms with E-state index in [1.807, 2.05) is 0 Å². The summed E-state index contributed by atoms with van der Waals surface area (Å²) in [6, 6.07) is 15.6. The van der Waals surface area contributed by atoms with Crippen molar-refractivity contribution in [2.45, 2.75) is 0 Å². The quantitative estimate of drug-likeness (QED) is 0.398. The van der Waals surface area contributed by atoms with E-state index < -0.39 is 5.82 Å². The molecule has 4 rings (SSSR count). The topological polar surface area (TPSA) is 59.1 Å². The first-order chi connectivity index (χ1) is 13.1. The van der Waals surface area contributed by atoms with Gasteiger partial charge in [-0.05, 0) is 48.6 Å². The van der Waals surface area contributed by atoms with E-state index in [2.05, 4.69) is 15.3 Å². The summed E-state index contributed by atoms with van der Waals surface area (Å²) in [6.07, 6.45) is 1.43. The van der Waals surface area contributed by atoms with Crippen LogP contribution in [0.1, 0.15) is 5.76 Å². The molecule has 5 nitrogen and oxygen atoms in total. The summed E-state index contributed by atoms with van der Waals surface area (Å²) < 4.78 is 34.6. The Morgan fingerprint density at radius 1 is 1.07 bits per heavy atom. The third kappa shape index (κ3) is 3.47. The van der Waals surface area contributed by atoms with Crippen LogP contribution in [0.15, 0.2) is 70.2 Å². The average molecular weight is 382 g/mol. The number of hydrogen-bond donors (Lipinski definition) is 1. The number of aromatic nitrogens is 3. The number of benzene rings is 2. The average Bonchev–Trinajstić information content (AvgIpc) is 3.27. The fraction of sp³-hybridized carbons (Fsp3) is 0. The fourth-order valence-electron chi connectivity index (χ4n) is 2.56. The van der Waals surface area contributed by atoms with Crippen LogP contribution >= 0.6 is 12.2 Å². The molecule has 0 bridgehead atoms. The molecule has 0 amide bonds. The van der Waals surface area contributed by atoms with Crippen molar-refractivity contribution in [2.24, 2.45) is 5.10 Å². The van der Waals surface area contributed by atoms with E-state index in [9.17, 15) is 8.78 Å². The molecule has 0 radical (unpaired) electrons. The minimum absolute atomic E-state index is 0.242. The van der Waals surface area contributed by atoms with E-state index in [1.165, 1.54) is 29.1 Å². The number of nitrogens with zero attached hydrogens (tertiary/aromatic N) is 3. The highest BCUT2D eigenvalue weighted by Crippen LogP contribution is 2.24. The van der Waals surface area contributed by atoms with Gasteiger partial charge in [0.1, 0.15) is 23.2 Å². The van der Waals surface area contributed by atoms with Crippen LogP contribution in [0.2, 0.25) is 0 Å². The Balaban J connectivity index is 1.66. The zero-order chi connectivity index (χ0) is 18.8. The van der Waals surface area contributed by atoms with E-state index in [4.69, 9.17) is 16.6 Å². The van der Waals surface area contributed by atoms with Crippen LogP contribution in [0.4, 0.5) is 8.78 Å². The van der Waals surface area contributed by atoms with Gasteiger partial charge in [0.05, 0.1) is 11.8 Å². The second kappa shape index (κ2) is 7.08.